The number of amides is 1. The molecule has 0 bridgehead atoms. The van der Waals surface area contributed by atoms with Gasteiger partial charge in [0.25, 0.3) is 5.91 Å². The van der Waals surface area contributed by atoms with E-state index in [-0.39, 0.29) is 5.91 Å². The molecule has 2 unspecified atom stereocenters. The average molecular weight is 343 g/mol. The molecule has 0 aromatic heterocycles. The van der Waals surface area contributed by atoms with Crippen molar-refractivity contribution in [3.63, 3.8) is 0 Å². The zero-order valence-corrected chi connectivity index (χ0v) is 12.5. The summed E-state index contributed by atoms with van der Waals surface area (Å²) in [5, 5.41) is 0. The van der Waals surface area contributed by atoms with Crippen molar-refractivity contribution >= 4 is 28.5 Å². The first-order valence-electron chi connectivity index (χ1n) is 6.14. The molecule has 0 saturated carbocycles. The van der Waals surface area contributed by atoms with Gasteiger partial charge in [-0.2, -0.15) is 0 Å². The molecule has 2 rings (SSSR count). The van der Waals surface area contributed by atoms with E-state index in [0.717, 1.165) is 30.9 Å². The molecular weight excluding hydrogens is 325 g/mol. The Hall–Kier alpha value is -0.580. The summed E-state index contributed by atoms with van der Waals surface area (Å²) in [6, 6.07) is 8.20. The number of piperidine rings is 1. The van der Waals surface area contributed by atoms with E-state index in [4.69, 9.17) is 0 Å². The predicted octanol–water partition coefficient (Wildman–Crippen LogP) is 3.55. The summed E-state index contributed by atoms with van der Waals surface area (Å²) in [4.78, 5) is 14.4. The van der Waals surface area contributed by atoms with Crippen molar-refractivity contribution in [3.8, 4) is 0 Å². The van der Waals surface area contributed by atoms with Gasteiger partial charge in [-0.1, -0.05) is 6.92 Å². The van der Waals surface area contributed by atoms with Crippen LogP contribution < -0.4 is 0 Å². The first-order chi connectivity index (χ1) is 8.08. The average Bonchev–Trinajstić information content (AvgIpc) is 2.29. The minimum Gasteiger partial charge on any atom is -0.336 e. The van der Waals surface area contributed by atoms with Gasteiger partial charge in [-0.3, -0.25) is 4.79 Å². The van der Waals surface area contributed by atoms with Gasteiger partial charge in [0.2, 0.25) is 0 Å². The topological polar surface area (TPSA) is 20.3 Å². The van der Waals surface area contributed by atoms with Crippen molar-refractivity contribution in [1.29, 1.82) is 0 Å². The van der Waals surface area contributed by atoms with E-state index in [2.05, 4.69) is 36.4 Å². The molecule has 1 aliphatic heterocycles. The van der Waals surface area contributed by atoms with E-state index in [1.807, 2.05) is 29.2 Å². The van der Waals surface area contributed by atoms with E-state index >= 15 is 0 Å². The minimum absolute atomic E-state index is 0.181. The van der Waals surface area contributed by atoms with Gasteiger partial charge in [0.15, 0.2) is 0 Å². The molecule has 3 heteroatoms. The van der Waals surface area contributed by atoms with Crippen LogP contribution in [0.1, 0.15) is 37.0 Å². The number of halogens is 1. The highest BCUT2D eigenvalue weighted by Gasteiger charge is 2.27. The van der Waals surface area contributed by atoms with Crippen LogP contribution in [0.15, 0.2) is 24.3 Å². The van der Waals surface area contributed by atoms with Crippen molar-refractivity contribution in [3.05, 3.63) is 33.4 Å². The van der Waals surface area contributed by atoms with Crippen molar-refractivity contribution < 1.29 is 4.79 Å². The lowest BCUT2D eigenvalue weighted by Crippen LogP contribution is -2.44. The lowest BCUT2D eigenvalue weighted by Gasteiger charge is -2.36. The first-order valence-corrected chi connectivity index (χ1v) is 7.22. The molecule has 0 radical (unpaired) electrons. The second-order valence-electron chi connectivity index (χ2n) is 4.98. The number of hydrogen-bond acceptors (Lipinski definition) is 1. The van der Waals surface area contributed by atoms with Gasteiger partial charge in [0, 0.05) is 21.7 Å². The third kappa shape index (κ3) is 3.00. The number of hydrogen-bond donors (Lipinski definition) is 0. The fourth-order valence-electron chi connectivity index (χ4n) is 2.47. The van der Waals surface area contributed by atoms with Crippen molar-refractivity contribution in [2.45, 2.75) is 32.7 Å². The Morgan fingerprint density at radius 3 is 2.53 bits per heavy atom. The second kappa shape index (κ2) is 5.38. The highest BCUT2D eigenvalue weighted by atomic mass is 127. The zero-order valence-electron chi connectivity index (χ0n) is 10.3. The molecule has 0 N–H and O–H groups in total. The van der Waals surface area contributed by atoms with Crippen molar-refractivity contribution in [1.82, 2.24) is 4.90 Å². The summed E-state index contributed by atoms with van der Waals surface area (Å²) >= 11 is 2.26. The van der Waals surface area contributed by atoms with E-state index in [1.54, 1.807) is 0 Å². The number of carbonyl (C=O) groups is 1. The van der Waals surface area contributed by atoms with Crippen molar-refractivity contribution in [2.24, 2.45) is 5.92 Å². The highest BCUT2D eigenvalue weighted by Crippen LogP contribution is 2.23. The third-order valence-electron chi connectivity index (χ3n) is 3.49. The van der Waals surface area contributed by atoms with E-state index < -0.39 is 0 Å². The molecule has 17 heavy (non-hydrogen) atoms. The number of benzene rings is 1. The van der Waals surface area contributed by atoms with Crippen LogP contribution in [0.2, 0.25) is 0 Å². The van der Waals surface area contributed by atoms with Crippen LogP contribution in [0.4, 0.5) is 0 Å². The Balaban J connectivity index is 2.12. The largest absolute Gasteiger partial charge is 0.336 e. The lowest BCUT2D eigenvalue weighted by atomic mass is 9.93. The summed E-state index contributed by atoms with van der Waals surface area (Å²) < 4.78 is 1.17. The van der Waals surface area contributed by atoms with Gasteiger partial charge in [0.05, 0.1) is 0 Å². The second-order valence-corrected chi connectivity index (χ2v) is 6.23. The Morgan fingerprint density at radius 2 is 1.94 bits per heavy atom. The normalized spacial score (nSPS) is 24.8. The Bertz CT molecular complexity index is 401. The van der Waals surface area contributed by atoms with E-state index in [0.29, 0.717) is 6.04 Å². The van der Waals surface area contributed by atoms with Crippen LogP contribution in [0.3, 0.4) is 0 Å². The highest BCUT2D eigenvalue weighted by molar-refractivity contribution is 14.1. The molecule has 1 heterocycles. The van der Waals surface area contributed by atoms with Gasteiger partial charge in [-0.15, -0.1) is 0 Å². The number of likely N-dealkylation sites (tertiary alicyclic amines) is 1. The molecule has 1 aromatic carbocycles. The third-order valence-corrected chi connectivity index (χ3v) is 4.21. The van der Waals surface area contributed by atoms with Gasteiger partial charge < -0.3 is 4.90 Å². The monoisotopic (exact) mass is 343 g/mol. The van der Waals surface area contributed by atoms with E-state index in [1.165, 1.54) is 3.57 Å². The summed E-state index contributed by atoms with van der Waals surface area (Å²) in [7, 11) is 0. The summed E-state index contributed by atoms with van der Waals surface area (Å²) in [6.45, 7) is 5.32. The van der Waals surface area contributed by atoms with E-state index in [9.17, 15) is 4.79 Å². The molecule has 1 aromatic rings. The first kappa shape index (κ1) is 12.9. The van der Waals surface area contributed by atoms with Crippen LogP contribution in [0.5, 0.6) is 0 Å². The standard InChI is InChI=1S/C14H18INO/c1-10-7-8-16(11(2)9-10)14(17)12-3-5-13(15)6-4-12/h3-6,10-11H,7-9H2,1-2H3. The zero-order chi connectivity index (χ0) is 12.4. The Kier molecular flexibility index (Phi) is 4.07. The minimum atomic E-state index is 0.181. The van der Waals surface area contributed by atoms with Crippen LogP contribution in [0.25, 0.3) is 0 Å². The molecule has 0 aliphatic carbocycles. The SMILES string of the molecule is CC1CCN(C(=O)c2ccc(I)cc2)C(C)C1. The maximum atomic E-state index is 12.4. The lowest BCUT2D eigenvalue weighted by molar-refractivity contribution is 0.0588. The molecule has 2 atom stereocenters. The maximum Gasteiger partial charge on any atom is 0.254 e. The molecule has 92 valence electrons. The predicted molar refractivity (Wildman–Crippen MR) is 78.1 cm³/mol. The molecule has 1 amide bonds. The molecule has 1 fully saturated rings. The fraction of sp³-hybridized carbons (Fsp3) is 0.500. The number of rotatable bonds is 1. The van der Waals surface area contributed by atoms with Crippen LogP contribution >= 0.6 is 22.6 Å². The number of carbonyl (C=O) groups excluding carboxylic acids is 1. The van der Waals surface area contributed by atoms with Gasteiger partial charge in [-0.05, 0) is 72.5 Å². The summed E-state index contributed by atoms with van der Waals surface area (Å²) in [6.07, 6.45) is 2.25. The van der Waals surface area contributed by atoms with Gasteiger partial charge in [-0.25, -0.2) is 0 Å². The van der Waals surface area contributed by atoms with Gasteiger partial charge in [0.1, 0.15) is 0 Å². The van der Waals surface area contributed by atoms with Crippen LogP contribution in [0, 0.1) is 9.49 Å². The van der Waals surface area contributed by atoms with Crippen LogP contribution in [-0.2, 0) is 0 Å². The van der Waals surface area contributed by atoms with Crippen LogP contribution in [-0.4, -0.2) is 23.4 Å². The summed E-state index contributed by atoms with van der Waals surface area (Å²) in [5.74, 6) is 0.923. The molecule has 1 saturated heterocycles. The van der Waals surface area contributed by atoms with Gasteiger partial charge >= 0.3 is 0 Å². The molecule has 2 nitrogen and oxygen atoms in total. The number of nitrogens with zero attached hydrogens (tertiary/aromatic N) is 1. The fourth-order valence-corrected chi connectivity index (χ4v) is 2.83. The Morgan fingerprint density at radius 1 is 1.29 bits per heavy atom. The molecule has 1 aliphatic rings. The quantitative estimate of drug-likeness (QED) is 0.714. The smallest absolute Gasteiger partial charge is 0.254 e. The maximum absolute atomic E-state index is 12.4. The molecular formula is C14H18INO. The summed E-state index contributed by atoms with van der Waals surface area (Å²) in [5.41, 5.74) is 0.812. The van der Waals surface area contributed by atoms with Crippen molar-refractivity contribution in [2.75, 3.05) is 6.54 Å². The molecule has 0 spiro atoms. The Labute approximate surface area is 117 Å².